The third kappa shape index (κ3) is 4.35. The zero-order chi connectivity index (χ0) is 13.5. The summed E-state index contributed by atoms with van der Waals surface area (Å²) in [4.78, 5) is 0. The highest BCUT2D eigenvalue weighted by Gasteiger charge is 2.15. The van der Waals surface area contributed by atoms with Crippen molar-refractivity contribution in [2.75, 3.05) is 13.7 Å². The molecule has 0 fully saturated rings. The zero-order valence-corrected chi connectivity index (χ0v) is 11.2. The number of ether oxygens (including phenoxy) is 1. The molecule has 0 aliphatic heterocycles. The van der Waals surface area contributed by atoms with E-state index in [-0.39, 0.29) is 17.6 Å². The van der Waals surface area contributed by atoms with Gasteiger partial charge in [0.2, 0.25) is 0 Å². The third-order valence-electron chi connectivity index (χ3n) is 2.95. The first-order valence-electron chi connectivity index (χ1n) is 6.26. The van der Waals surface area contributed by atoms with Crippen molar-refractivity contribution in [1.82, 2.24) is 5.32 Å². The fourth-order valence-electron chi connectivity index (χ4n) is 1.98. The molecular formula is C14H21F2NO. The first-order chi connectivity index (χ1) is 8.58. The van der Waals surface area contributed by atoms with Crippen molar-refractivity contribution in [3.8, 4) is 0 Å². The number of methoxy groups -OCH3 is 1. The number of hydrogen-bond donors (Lipinski definition) is 1. The van der Waals surface area contributed by atoms with Crippen molar-refractivity contribution in [1.29, 1.82) is 0 Å². The van der Waals surface area contributed by atoms with E-state index in [2.05, 4.69) is 5.32 Å². The van der Waals surface area contributed by atoms with Gasteiger partial charge in [0.25, 0.3) is 0 Å². The summed E-state index contributed by atoms with van der Waals surface area (Å²) in [5.41, 5.74) is 0.143. The van der Waals surface area contributed by atoms with Crippen LogP contribution >= 0.6 is 0 Å². The number of hydrogen-bond acceptors (Lipinski definition) is 2. The highest BCUT2D eigenvalue weighted by atomic mass is 19.1. The number of nitrogens with one attached hydrogen (secondary N) is 1. The van der Waals surface area contributed by atoms with Gasteiger partial charge >= 0.3 is 0 Å². The number of halogens is 2. The second-order valence-electron chi connectivity index (χ2n) is 4.53. The second-order valence-corrected chi connectivity index (χ2v) is 4.53. The topological polar surface area (TPSA) is 21.3 Å². The van der Waals surface area contributed by atoms with Crippen molar-refractivity contribution in [2.45, 2.75) is 38.8 Å². The smallest absolute Gasteiger partial charge is 0.129 e. The Morgan fingerprint density at radius 1 is 1.28 bits per heavy atom. The molecule has 0 radical (unpaired) electrons. The van der Waals surface area contributed by atoms with Gasteiger partial charge in [-0.25, -0.2) is 8.78 Å². The Hall–Kier alpha value is -1.00. The van der Waals surface area contributed by atoms with E-state index < -0.39 is 11.6 Å². The molecule has 0 saturated carbocycles. The van der Waals surface area contributed by atoms with Gasteiger partial charge < -0.3 is 10.1 Å². The van der Waals surface area contributed by atoms with E-state index in [1.165, 1.54) is 18.2 Å². The Labute approximate surface area is 107 Å². The summed E-state index contributed by atoms with van der Waals surface area (Å²) >= 11 is 0. The lowest BCUT2D eigenvalue weighted by atomic mass is 10.0. The van der Waals surface area contributed by atoms with Crippen molar-refractivity contribution < 1.29 is 13.5 Å². The summed E-state index contributed by atoms with van der Waals surface area (Å²) < 4.78 is 32.1. The molecule has 1 rings (SSSR count). The molecule has 1 N–H and O–H groups in total. The Bertz CT molecular complexity index is 351. The van der Waals surface area contributed by atoms with E-state index in [1.807, 2.05) is 13.8 Å². The average molecular weight is 257 g/mol. The van der Waals surface area contributed by atoms with Gasteiger partial charge in [0, 0.05) is 24.8 Å². The molecule has 0 spiro atoms. The Morgan fingerprint density at radius 2 is 1.89 bits per heavy atom. The van der Waals surface area contributed by atoms with E-state index >= 15 is 0 Å². The maximum Gasteiger partial charge on any atom is 0.129 e. The first kappa shape index (κ1) is 15.1. The van der Waals surface area contributed by atoms with Crippen LogP contribution in [-0.2, 0) is 11.2 Å². The van der Waals surface area contributed by atoms with Crippen LogP contribution in [0.5, 0.6) is 0 Å². The average Bonchev–Trinajstić information content (AvgIpc) is 2.33. The van der Waals surface area contributed by atoms with Crippen molar-refractivity contribution >= 4 is 0 Å². The first-order valence-corrected chi connectivity index (χ1v) is 6.26. The molecule has 0 amide bonds. The van der Waals surface area contributed by atoms with E-state index in [0.29, 0.717) is 13.0 Å². The molecule has 18 heavy (non-hydrogen) atoms. The summed E-state index contributed by atoms with van der Waals surface area (Å²) in [6.45, 7) is 4.57. The minimum atomic E-state index is -0.483. The fraction of sp³-hybridized carbons (Fsp3) is 0.571. The fourth-order valence-corrected chi connectivity index (χ4v) is 1.98. The van der Waals surface area contributed by atoms with Gasteiger partial charge in [-0.1, -0.05) is 13.0 Å². The lowest BCUT2D eigenvalue weighted by Crippen LogP contribution is -2.40. The predicted octanol–water partition coefficient (Wildman–Crippen LogP) is 2.91. The molecule has 0 bridgehead atoms. The summed E-state index contributed by atoms with van der Waals surface area (Å²) in [6.07, 6.45) is 1.25. The predicted molar refractivity (Wildman–Crippen MR) is 68.6 cm³/mol. The monoisotopic (exact) mass is 257 g/mol. The Kier molecular flexibility index (Phi) is 6.22. The van der Waals surface area contributed by atoms with E-state index in [0.717, 1.165) is 6.42 Å². The Balaban J connectivity index is 2.61. The minimum Gasteiger partial charge on any atom is -0.383 e. The molecule has 2 nitrogen and oxygen atoms in total. The molecule has 0 aliphatic carbocycles. The van der Waals surface area contributed by atoms with E-state index in [1.54, 1.807) is 7.11 Å². The molecule has 0 heterocycles. The molecule has 4 heteroatoms. The van der Waals surface area contributed by atoms with Crippen LogP contribution < -0.4 is 5.32 Å². The molecule has 0 aliphatic rings. The molecule has 2 atom stereocenters. The quantitative estimate of drug-likeness (QED) is 0.811. The van der Waals surface area contributed by atoms with Crippen LogP contribution in [0.4, 0.5) is 8.78 Å². The van der Waals surface area contributed by atoms with Gasteiger partial charge in [-0.15, -0.1) is 0 Å². The van der Waals surface area contributed by atoms with Crippen molar-refractivity contribution in [3.63, 3.8) is 0 Å². The number of benzene rings is 1. The lowest BCUT2D eigenvalue weighted by Gasteiger charge is -2.22. The maximum absolute atomic E-state index is 13.5. The molecule has 1 aromatic carbocycles. The number of rotatable bonds is 7. The van der Waals surface area contributed by atoms with E-state index in [4.69, 9.17) is 4.74 Å². The van der Waals surface area contributed by atoms with Crippen LogP contribution in [0.25, 0.3) is 0 Å². The van der Waals surface area contributed by atoms with E-state index in [9.17, 15) is 8.78 Å². The van der Waals surface area contributed by atoms with Crippen molar-refractivity contribution in [3.05, 3.63) is 35.4 Å². The normalized spacial score (nSPS) is 14.5. The molecule has 1 aromatic rings. The summed E-state index contributed by atoms with van der Waals surface area (Å²) in [6, 6.07) is 4.16. The molecule has 102 valence electrons. The lowest BCUT2D eigenvalue weighted by molar-refractivity contribution is 0.159. The highest BCUT2D eigenvalue weighted by Crippen LogP contribution is 2.14. The highest BCUT2D eigenvalue weighted by molar-refractivity contribution is 5.20. The van der Waals surface area contributed by atoms with Crippen LogP contribution in [0, 0.1) is 11.6 Å². The summed E-state index contributed by atoms with van der Waals surface area (Å²) in [5.74, 6) is -0.966. The summed E-state index contributed by atoms with van der Waals surface area (Å²) in [5, 5.41) is 3.31. The van der Waals surface area contributed by atoms with Crippen LogP contribution in [0.1, 0.15) is 25.8 Å². The molecular weight excluding hydrogens is 236 g/mol. The van der Waals surface area contributed by atoms with Gasteiger partial charge in [-0.2, -0.15) is 0 Å². The van der Waals surface area contributed by atoms with Crippen LogP contribution in [-0.4, -0.2) is 25.8 Å². The van der Waals surface area contributed by atoms with Crippen LogP contribution in [0.2, 0.25) is 0 Å². The van der Waals surface area contributed by atoms with Gasteiger partial charge in [0.1, 0.15) is 11.6 Å². The van der Waals surface area contributed by atoms with Crippen molar-refractivity contribution in [2.24, 2.45) is 0 Å². The molecule has 2 unspecified atom stereocenters. The van der Waals surface area contributed by atoms with Gasteiger partial charge in [-0.05, 0) is 31.9 Å². The Morgan fingerprint density at radius 3 is 2.39 bits per heavy atom. The standard InChI is InChI=1S/C14H21F2NO/c1-4-11(9-18-3)17-10(2)8-12-13(15)6-5-7-14(12)16/h5-7,10-11,17H,4,8-9H2,1-3H3. The van der Waals surface area contributed by atoms with Gasteiger partial charge in [0.05, 0.1) is 6.61 Å². The van der Waals surface area contributed by atoms with Gasteiger partial charge in [0.15, 0.2) is 0 Å². The van der Waals surface area contributed by atoms with Crippen LogP contribution in [0.3, 0.4) is 0 Å². The zero-order valence-electron chi connectivity index (χ0n) is 11.2. The second kappa shape index (κ2) is 7.44. The molecule has 0 saturated heterocycles. The third-order valence-corrected chi connectivity index (χ3v) is 2.95. The largest absolute Gasteiger partial charge is 0.383 e. The molecule has 0 aromatic heterocycles. The minimum absolute atomic E-state index is 0.00324. The van der Waals surface area contributed by atoms with Crippen LogP contribution in [0.15, 0.2) is 18.2 Å². The SMILES string of the molecule is CCC(COC)NC(C)Cc1c(F)cccc1F. The van der Waals surface area contributed by atoms with Gasteiger partial charge in [-0.3, -0.25) is 0 Å². The maximum atomic E-state index is 13.5. The summed E-state index contributed by atoms with van der Waals surface area (Å²) in [7, 11) is 1.64.